The molecule has 0 amide bonds. The van der Waals surface area contributed by atoms with Crippen molar-refractivity contribution in [2.24, 2.45) is 0 Å². The van der Waals surface area contributed by atoms with E-state index >= 15 is 0 Å². The van der Waals surface area contributed by atoms with Gasteiger partial charge in [0.05, 0.1) is 0 Å². The fourth-order valence-corrected chi connectivity index (χ4v) is 1.15. The number of rotatable bonds is 3. The topological polar surface area (TPSA) is 33.1 Å². The van der Waals surface area contributed by atoms with E-state index in [1.807, 2.05) is 13.0 Å². The molecule has 0 aromatic carbocycles. The standard InChI is InChI=1S/C11H15BNO/c1-4-8(2)5-10-6-11(12-14)7-13-9(10)3/h5-7,14H,4H2,1-3H3/b8-5+. The smallest absolute Gasteiger partial charge is 0.328 e. The Morgan fingerprint density at radius 3 is 2.93 bits per heavy atom. The van der Waals surface area contributed by atoms with Crippen LogP contribution in [0.15, 0.2) is 17.8 Å². The number of allylic oxidation sites excluding steroid dienone is 1. The first-order valence-electron chi connectivity index (χ1n) is 4.78. The summed E-state index contributed by atoms with van der Waals surface area (Å²) in [5.41, 5.74) is 4.12. The van der Waals surface area contributed by atoms with E-state index in [1.165, 1.54) is 5.57 Å². The number of hydrogen-bond acceptors (Lipinski definition) is 2. The molecule has 1 aromatic heterocycles. The molecule has 0 bridgehead atoms. The van der Waals surface area contributed by atoms with E-state index in [4.69, 9.17) is 5.02 Å². The fraction of sp³-hybridized carbons (Fsp3) is 0.364. The van der Waals surface area contributed by atoms with Crippen molar-refractivity contribution in [2.45, 2.75) is 27.2 Å². The third-order valence-corrected chi connectivity index (χ3v) is 2.26. The summed E-state index contributed by atoms with van der Waals surface area (Å²) in [5, 5.41) is 8.86. The summed E-state index contributed by atoms with van der Waals surface area (Å²) in [4.78, 5) is 4.20. The zero-order valence-electron chi connectivity index (χ0n) is 8.91. The highest BCUT2D eigenvalue weighted by Crippen LogP contribution is 2.10. The molecule has 0 spiro atoms. The summed E-state index contributed by atoms with van der Waals surface area (Å²) in [6.07, 6.45) is 4.80. The lowest BCUT2D eigenvalue weighted by Gasteiger charge is -2.03. The van der Waals surface area contributed by atoms with E-state index in [-0.39, 0.29) is 0 Å². The van der Waals surface area contributed by atoms with Crippen LogP contribution in [0.2, 0.25) is 0 Å². The van der Waals surface area contributed by atoms with Crippen LogP contribution in [0.4, 0.5) is 0 Å². The van der Waals surface area contributed by atoms with Gasteiger partial charge in [-0.1, -0.05) is 24.6 Å². The quantitative estimate of drug-likeness (QED) is 0.728. The predicted molar refractivity (Wildman–Crippen MR) is 60.5 cm³/mol. The van der Waals surface area contributed by atoms with Crippen molar-refractivity contribution < 1.29 is 5.02 Å². The molecule has 0 aliphatic rings. The van der Waals surface area contributed by atoms with Crippen molar-refractivity contribution in [1.82, 2.24) is 4.98 Å². The average molecular weight is 188 g/mol. The number of nitrogens with zero attached hydrogens (tertiary/aromatic N) is 1. The molecule has 0 aliphatic carbocycles. The zero-order chi connectivity index (χ0) is 10.6. The highest BCUT2D eigenvalue weighted by Gasteiger charge is 2.00. The Bertz CT molecular complexity index is 347. The van der Waals surface area contributed by atoms with Gasteiger partial charge in [0, 0.05) is 11.9 Å². The van der Waals surface area contributed by atoms with Crippen molar-refractivity contribution in [2.75, 3.05) is 0 Å². The summed E-state index contributed by atoms with van der Waals surface area (Å²) in [6.45, 7) is 6.18. The van der Waals surface area contributed by atoms with Crippen LogP contribution in [0.5, 0.6) is 0 Å². The molecule has 1 heterocycles. The van der Waals surface area contributed by atoms with Crippen molar-refractivity contribution in [3.05, 3.63) is 29.1 Å². The first kappa shape index (κ1) is 11.0. The molecule has 1 rings (SSSR count). The molecular weight excluding hydrogens is 173 g/mol. The maximum absolute atomic E-state index is 8.86. The van der Waals surface area contributed by atoms with Gasteiger partial charge in [-0.3, -0.25) is 4.98 Å². The molecule has 0 saturated carbocycles. The molecule has 0 fully saturated rings. The minimum absolute atomic E-state index is 0.741. The minimum Gasteiger partial charge on any atom is -0.450 e. The Hall–Kier alpha value is -1.09. The summed E-state index contributed by atoms with van der Waals surface area (Å²) in [6, 6.07) is 1.93. The molecular formula is C11H15BNO. The molecule has 3 heteroatoms. The lowest BCUT2D eigenvalue weighted by Crippen LogP contribution is -2.15. The lowest BCUT2D eigenvalue weighted by atomic mass is 9.89. The highest BCUT2D eigenvalue weighted by atomic mass is 16.2. The summed E-state index contributed by atoms with van der Waals surface area (Å²) in [5.74, 6) is 0. The molecule has 1 radical (unpaired) electrons. The Morgan fingerprint density at radius 2 is 2.36 bits per heavy atom. The van der Waals surface area contributed by atoms with Gasteiger partial charge in [-0.05, 0) is 31.3 Å². The van der Waals surface area contributed by atoms with Crippen LogP contribution >= 0.6 is 0 Å². The van der Waals surface area contributed by atoms with Crippen molar-refractivity contribution in [1.29, 1.82) is 0 Å². The lowest BCUT2D eigenvalue weighted by molar-refractivity contribution is 0.615. The Kier molecular flexibility index (Phi) is 3.90. The number of hydrogen-bond donors (Lipinski definition) is 1. The van der Waals surface area contributed by atoms with Crippen LogP contribution < -0.4 is 5.46 Å². The van der Waals surface area contributed by atoms with Crippen molar-refractivity contribution in [3.8, 4) is 0 Å². The Balaban J connectivity index is 3.06. The second-order valence-corrected chi connectivity index (χ2v) is 3.42. The fourth-order valence-electron chi connectivity index (χ4n) is 1.15. The molecule has 1 N–H and O–H groups in total. The van der Waals surface area contributed by atoms with Gasteiger partial charge in [-0.15, -0.1) is 0 Å². The van der Waals surface area contributed by atoms with Gasteiger partial charge < -0.3 is 5.02 Å². The van der Waals surface area contributed by atoms with Gasteiger partial charge in [-0.25, -0.2) is 0 Å². The summed E-state index contributed by atoms with van der Waals surface area (Å²) >= 11 is 0. The molecule has 0 atom stereocenters. The maximum atomic E-state index is 8.86. The highest BCUT2D eigenvalue weighted by molar-refractivity contribution is 6.45. The van der Waals surface area contributed by atoms with Crippen LogP contribution in [-0.4, -0.2) is 17.5 Å². The normalized spacial score (nSPS) is 11.6. The third kappa shape index (κ3) is 2.71. The Labute approximate surface area is 86.0 Å². The number of pyridine rings is 1. The van der Waals surface area contributed by atoms with Gasteiger partial charge in [0.1, 0.15) is 0 Å². The second-order valence-electron chi connectivity index (χ2n) is 3.42. The minimum atomic E-state index is 0.741. The average Bonchev–Trinajstić information content (AvgIpc) is 2.21. The molecule has 2 nitrogen and oxygen atoms in total. The van der Waals surface area contributed by atoms with E-state index in [0.717, 1.165) is 30.6 Å². The monoisotopic (exact) mass is 188 g/mol. The number of aryl methyl sites for hydroxylation is 1. The van der Waals surface area contributed by atoms with Crippen LogP contribution in [0.3, 0.4) is 0 Å². The maximum Gasteiger partial charge on any atom is 0.328 e. The molecule has 0 saturated heterocycles. The molecule has 0 aliphatic heterocycles. The van der Waals surface area contributed by atoms with E-state index in [0.29, 0.717) is 0 Å². The molecule has 0 unspecified atom stereocenters. The van der Waals surface area contributed by atoms with E-state index in [2.05, 4.69) is 24.9 Å². The van der Waals surface area contributed by atoms with E-state index < -0.39 is 0 Å². The van der Waals surface area contributed by atoms with E-state index in [1.54, 1.807) is 6.20 Å². The van der Waals surface area contributed by atoms with Crippen LogP contribution in [0.25, 0.3) is 6.08 Å². The van der Waals surface area contributed by atoms with Crippen LogP contribution in [-0.2, 0) is 0 Å². The molecule has 1 aromatic rings. The van der Waals surface area contributed by atoms with Crippen molar-refractivity contribution in [3.63, 3.8) is 0 Å². The first-order chi connectivity index (χ1) is 6.67. The van der Waals surface area contributed by atoms with Gasteiger partial charge in [-0.2, -0.15) is 0 Å². The third-order valence-electron chi connectivity index (χ3n) is 2.26. The SMILES string of the molecule is CC/C(C)=C/c1cc([B]O)cnc1C. The zero-order valence-corrected chi connectivity index (χ0v) is 8.91. The Morgan fingerprint density at radius 1 is 1.64 bits per heavy atom. The van der Waals surface area contributed by atoms with Gasteiger partial charge in [0.25, 0.3) is 0 Å². The summed E-state index contributed by atoms with van der Waals surface area (Å²) < 4.78 is 0. The van der Waals surface area contributed by atoms with Crippen molar-refractivity contribution >= 4 is 19.0 Å². The van der Waals surface area contributed by atoms with E-state index in [9.17, 15) is 0 Å². The summed E-state index contributed by atoms with van der Waals surface area (Å²) in [7, 11) is 1.07. The van der Waals surface area contributed by atoms with Gasteiger partial charge in [0.2, 0.25) is 0 Å². The number of aromatic nitrogens is 1. The van der Waals surface area contributed by atoms with Gasteiger partial charge >= 0.3 is 7.48 Å². The second kappa shape index (κ2) is 4.96. The molecule has 14 heavy (non-hydrogen) atoms. The first-order valence-corrected chi connectivity index (χ1v) is 4.78. The van der Waals surface area contributed by atoms with Gasteiger partial charge in [0.15, 0.2) is 0 Å². The van der Waals surface area contributed by atoms with Crippen LogP contribution in [0.1, 0.15) is 31.5 Å². The van der Waals surface area contributed by atoms with Crippen LogP contribution in [0, 0.1) is 6.92 Å². The largest absolute Gasteiger partial charge is 0.450 e. The predicted octanol–water partition coefficient (Wildman–Crippen LogP) is 1.44. The molecule has 73 valence electrons.